The molecule has 3 aromatic rings. The fourth-order valence-electron chi connectivity index (χ4n) is 4.34. The van der Waals surface area contributed by atoms with Crippen molar-refractivity contribution in [3.63, 3.8) is 0 Å². The van der Waals surface area contributed by atoms with Gasteiger partial charge in [-0.05, 0) is 68.9 Å². The van der Waals surface area contributed by atoms with Gasteiger partial charge in [0.2, 0.25) is 0 Å². The minimum absolute atomic E-state index is 0.148. The molecule has 0 bridgehead atoms. The summed E-state index contributed by atoms with van der Waals surface area (Å²) in [6.07, 6.45) is 8.55. The number of aromatic amines is 1. The second-order valence-electron chi connectivity index (χ2n) is 8.85. The summed E-state index contributed by atoms with van der Waals surface area (Å²) in [7, 11) is 0. The van der Waals surface area contributed by atoms with E-state index in [1.807, 2.05) is 18.2 Å². The smallest absolute Gasteiger partial charge is 0.319 e. The zero-order valence-corrected chi connectivity index (χ0v) is 19.2. The van der Waals surface area contributed by atoms with Crippen molar-refractivity contribution in [1.82, 2.24) is 15.2 Å². The molecule has 0 aliphatic carbocycles. The lowest BCUT2D eigenvalue weighted by atomic mass is 9.98. The lowest BCUT2D eigenvalue weighted by Crippen LogP contribution is -2.34. The van der Waals surface area contributed by atoms with Crippen LogP contribution in [-0.4, -0.2) is 41.6 Å². The molecular weight excluding hydrogens is 396 g/mol. The molecule has 2 aromatic carbocycles. The normalized spacial score (nSPS) is 14.5. The molecular formula is C27H34N4O. The molecule has 3 N–H and O–H groups in total. The molecule has 1 aromatic heterocycles. The van der Waals surface area contributed by atoms with Gasteiger partial charge in [-0.1, -0.05) is 36.4 Å². The van der Waals surface area contributed by atoms with Gasteiger partial charge < -0.3 is 15.6 Å². The van der Waals surface area contributed by atoms with Crippen molar-refractivity contribution in [2.75, 3.05) is 25.0 Å². The quantitative estimate of drug-likeness (QED) is 0.395. The van der Waals surface area contributed by atoms with Crippen molar-refractivity contribution in [2.24, 2.45) is 0 Å². The van der Waals surface area contributed by atoms with Crippen LogP contribution in [0.2, 0.25) is 0 Å². The molecule has 0 spiro atoms. The maximum atomic E-state index is 12.4. The van der Waals surface area contributed by atoms with E-state index in [9.17, 15) is 4.79 Å². The number of rotatable bonds is 8. The Labute approximate surface area is 190 Å². The number of nitrogens with zero attached hydrogens (tertiary/aromatic N) is 1. The van der Waals surface area contributed by atoms with Crippen LogP contribution < -0.4 is 10.6 Å². The summed E-state index contributed by atoms with van der Waals surface area (Å²) in [6.45, 7) is 7.24. The van der Waals surface area contributed by atoms with Gasteiger partial charge in [0.05, 0.1) is 0 Å². The first kappa shape index (κ1) is 22.2. The van der Waals surface area contributed by atoms with E-state index in [0.29, 0.717) is 12.6 Å². The summed E-state index contributed by atoms with van der Waals surface area (Å²) in [5.41, 5.74) is 5.89. The van der Waals surface area contributed by atoms with Crippen LogP contribution in [0.4, 0.5) is 10.5 Å². The van der Waals surface area contributed by atoms with Crippen molar-refractivity contribution in [3.8, 4) is 0 Å². The highest BCUT2D eigenvalue weighted by Gasteiger charge is 2.17. The molecule has 0 saturated carbocycles. The molecule has 1 aliphatic rings. The van der Waals surface area contributed by atoms with Gasteiger partial charge in [0.15, 0.2) is 0 Å². The highest BCUT2D eigenvalue weighted by molar-refractivity contribution is 5.97. The fraction of sp³-hybridized carbons (Fsp3) is 0.370. The molecule has 0 fully saturated rings. The summed E-state index contributed by atoms with van der Waals surface area (Å²) in [6, 6.07) is 17.0. The number of carbonyl (C=O) groups is 1. The van der Waals surface area contributed by atoms with Crippen LogP contribution >= 0.6 is 0 Å². The Morgan fingerprint density at radius 1 is 1.12 bits per heavy atom. The van der Waals surface area contributed by atoms with E-state index in [0.717, 1.165) is 55.4 Å². The van der Waals surface area contributed by atoms with E-state index in [1.54, 1.807) is 0 Å². The van der Waals surface area contributed by atoms with Gasteiger partial charge in [0.1, 0.15) is 0 Å². The van der Waals surface area contributed by atoms with Crippen LogP contribution in [0.15, 0.2) is 60.8 Å². The monoisotopic (exact) mass is 430 g/mol. The van der Waals surface area contributed by atoms with Crippen LogP contribution in [0.1, 0.15) is 44.2 Å². The number of nitrogens with one attached hydrogen (secondary N) is 3. The molecule has 32 heavy (non-hydrogen) atoms. The molecule has 4 rings (SSSR count). The van der Waals surface area contributed by atoms with Crippen LogP contribution in [0.25, 0.3) is 16.5 Å². The molecule has 168 valence electrons. The van der Waals surface area contributed by atoms with Gasteiger partial charge in [-0.3, -0.25) is 4.90 Å². The maximum Gasteiger partial charge on any atom is 0.319 e. The first-order valence-corrected chi connectivity index (χ1v) is 11.7. The molecule has 0 unspecified atom stereocenters. The van der Waals surface area contributed by atoms with Gasteiger partial charge >= 0.3 is 6.03 Å². The van der Waals surface area contributed by atoms with Gasteiger partial charge in [0, 0.05) is 54.0 Å². The molecule has 0 radical (unpaired) electrons. The Bertz CT molecular complexity index is 1070. The average molecular weight is 431 g/mol. The third-order valence-corrected chi connectivity index (χ3v) is 6.28. The molecule has 5 nitrogen and oxygen atoms in total. The van der Waals surface area contributed by atoms with E-state index >= 15 is 0 Å². The summed E-state index contributed by atoms with van der Waals surface area (Å²) in [5, 5.41) is 7.13. The highest BCUT2D eigenvalue weighted by Crippen LogP contribution is 2.31. The van der Waals surface area contributed by atoms with Crippen molar-refractivity contribution in [3.05, 3.63) is 71.9 Å². The topological polar surface area (TPSA) is 60.2 Å². The second kappa shape index (κ2) is 10.5. The second-order valence-corrected chi connectivity index (χ2v) is 8.85. The molecule has 1 aliphatic heterocycles. The third kappa shape index (κ3) is 5.60. The lowest BCUT2D eigenvalue weighted by Gasteiger charge is -2.29. The Hall–Kier alpha value is -3.05. The SMILES string of the molecule is CC(C)N1CC=C(c2c[nH]c3ccc(NC(=O)NCCCCc4ccccc4)cc23)CC1. The zero-order valence-electron chi connectivity index (χ0n) is 19.2. The minimum Gasteiger partial charge on any atom is -0.361 e. The van der Waals surface area contributed by atoms with Crippen molar-refractivity contribution in [2.45, 2.75) is 45.6 Å². The predicted molar refractivity (Wildman–Crippen MR) is 134 cm³/mol. The first-order valence-electron chi connectivity index (χ1n) is 11.7. The number of hydrogen-bond acceptors (Lipinski definition) is 2. The van der Waals surface area contributed by atoms with Gasteiger partial charge in [-0.15, -0.1) is 0 Å². The third-order valence-electron chi connectivity index (χ3n) is 6.28. The van der Waals surface area contributed by atoms with E-state index in [4.69, 9.17) is 0 Å². The highest BCUT2D eigenvalue weighted by atomic mass is 16.2. The summed E-state index contributed by atoms with van der Waals surface area (Å²) in [5.74, 6) is 0. The number of aromatic nitrogens is 1. The van der Waals surface area contributed by atoms with Crippen LogP contribution in [0.3, 0.4) is 0 Å². The van der Waals surface area contributed by atoms with Crippen molar-refractivity contribution in [1.29, 1.82) is 0 Å². The average Bonchev–Trinajstić information content (AvgIpc) is 3.23. The number of aryl methyl sites for hydroxylation is 1. The number of urea groups is 1. The van der Waals surface area contributed by atoms with E-state index < -0.39 is 0 Å². The number of hydrogen-bond donors (Lipinski definition) is 3. The number of anilines is 1. The van der Waals surface area contributed by atoms with E-state index in [-0.39, 0.29) is 6.03 Å². The van der Waals surface area contributed by atoms with Gasteiger partial charge in [0.25, 0.3) is 0 Å². The van der Waals surface area contributed by atoms with Crippen LogP contribution in [0, 0.1) is 0 Å². The number of fused-ring (bicyclic) bond motifs is 1. The van der Waals surface area contributed by atoms with Crippen LogP contribution in [-0.2, 0) is 6.42 Å². The maximum absolute atomic E-state index is 12.4. The summed E-state index contributed by atoms with van der Waals surface area (Å²) < 4.78 is 0. The zero-order chi connectivity index (χ0) is 22.3. The van der Waals surface area contributed by atoms with Crippen LogP contribution in [0.5, 0.6) is 0 Å². The Morgan fingerprint density at radius 3 is 2.72 bits per heavy atom. The van der Waals surface area contributed by atoms with Gasteiger partial charge in [-0.2, -0.15) is 0 Å². The number of H-pyrrole nitrogens is 1. The Kier molecular flexibility index (Phi) is 7.28. The lowest BCUT2D eigenvalue weighted by molar-refractivity contribution is 0.245. The van der Waals surface area contributed by atoms with E-state index in [1.165, 1.54) is 16.7 Å². The molecule has 2 amide bonds. The van der Waals surface area contributed by atoms with Crippen molar-refractivity contribution >= 4 is 28.2 Å². The largest absolute Gasteiger partial charge is 0.361 e. The predicted octanol–water partition coefficient (Wildman–Crippen LogP) is 5.81. The van der Waals surface area contributed by atoms with E-state index in [2.05, 4.69) is 77.0 Å². The molecule has 0 saturated heterocycles. The molecule has 2 heterocycles. The summed E-state index contributed by atoms with van der Waals surface area (Å²) >= 11 is 0. The molecule has 0 atom stereocenters. The summed E-state index contributed by atoms with van der Waals surface area (Å²) in [4.78, 5) is 18.2. The number of unbranched alkanes of at least 4 members (excludes halogenated alkanes) is 1. The minimum atomic E-state index is -0.148. The van der Waals surface area contributed by atoms with Crippen molar-refractivity contribution < 1.29 is 4.79 Å². The fourth-order valence-corrected chi connectivity index (χ4v) is 4.34. The molecule has 5 heteroatoms. The Balaban J connectivity index is 1.31. The number of amides is 2. The first-order chi connectivity index (χ1) is 15.6. The Morgan fingerprint density at radius 2 is 1.97 bits per heavy atom. The van der Waals surface area contributed by atoms with Gasteiger partial charge in [-0.25, -0.2) is 4.79 Å². The number of benzene rings is 2. The standard InChI is InChI=1S/C27H34N4O/c1-20(2)31-16-13-22(14-17-31)25-19-29-26-12-11-23(18-24(25)26)30-27(32)28-15-7-6-10-21-8-4-3-5-9-21/h3-5,8-9,11-13,18-20,29H,6-7,10,14-17H2,1-2H3,(H2,28,30,32). The number of carbonyl (C=O) groups excluding carboxylic acids is 1.